The zero-order chi connectivity index (χ0) is 46.7. The highest BCUT2D eigenvalue weighted by molar-refractivity contribution is 7.95. The van der Waals surface area contributed by atoms with Gasteiger partial charge in [-0.25, -0.2) is 16.8 Å². The molecule has 344 valence electrons. The Morgan fingerprint density at radius 1 is 0.606 bits per heavy atom. The van der Waals surface area contributed by atoms with Gasteiger partial charge in [0, 0.05) is 67.3 Å². The van der Waals surface area contributed by atoms with Crippen molar-refractivity contribution in [3.05, 3.63) is 169 Å². The number of nitrogens with zero attached hydrogens (tertiary/aromatic N) is 9. The standard InChI is InChI=1S/C27H28F2N6O3S.C18H15F2N3O3S/c28-25(29)27-32-31-26(38-27)22-8-6-21(7-9-22)20-35(24-4-2-1-3-5-24)39(36,37)19-18-33-14-16-34(17-15-33)23-10-12-30-13-11-23;1-2-27(24,25)23(15-6-4-3-5-7-15)12-13-8-10-14(11-9-13)17-21-22-18(26-17)16(19)20/h1-13,25H,14-20H2;2-11,16H,1,12H2. The first-order valence-corrected chi connectivity index (χ1v) is 23.5. The third kappa shape index (κ3) is 12.0. The Morgan fingerprint density at radius 2 is 1.06 bits per heavy atom. The average molecular weight is 946 g/mol. The second kappa shape index (κ2) is 21.3. The van der Waals surface area contributed by atoms with E-state index in [1.807, 2.05) is 18.2 Å². The first-order valence-electron chi connectivity index (χ1n) is 20.3. The van der Waals surface area contributed by atoms with Crippen LogP contribution in [-0.4, -0.2) is 85.6 Å². The Hall–Kier alpha value is -6.97. The topological polar surface area (TPSA) is 172 Å². The van der Waals surface area contributed by atoms with E-state index in [0.29, 0.717) is 34.6 Å². The van der Waals surface area contributed by atoms with E-state index in [4.69, 9.17) is 8.83 Å². The van der Waals surface area contributed by atoms with Gasteiger partial charge in [0.25, 0.3) is 21.8 Å². The first kappa shape index (κ1) is 47.0. The van der Waals surface area contributed by atoms with Gasteiger partial charge in [-0.05, 0) is 71.8 Å². The predicted octanol–water partition coefficient (Wildman–Crippen LogP) is 8.38. The van der Waals surface area contributed by atoms with Crippen LogP contribution in [0.1, 0.15) is 35.8 Å². The normalized spacial score (nSPS) is 13.3. The van der Waals surface area contributed by atoms with E-state index in [1.54, 1.807) is 116 Å². The molecule has 0 spiro atoms. The molecule has 1 fully saturated rings. The molecule has 21 heteroatoms. The number of halogens is 4. The van der Waals surface area contributed by atoms with Gasteiger partial charge in [-0.1, -0.05) is 67.2 Å². The minimum absolute atomic E-state index is 0.0200. The van der Waals surface area contributed by atoms with Crippen molar-refractivity contribution in [3.8, 4) is 22.9 Å². The lowest BCUT2D eigenvalue weighted by molar-refractivity contribution is 0.115. The minimum atomic E-state index is -3.71. The van der Waals surface area contributed by atoms with Crippen LogP contribution in [0.25, 0.3) is 22.9 Å². The van der Waals surface area contributed by atoms with Crippen LogP contribution in [0.3, 0.4) is 0 Å². The van der Waals surface area contributed by atoms with Crippen molar-refractivity contribution in [1.82, 2.24) is 30.3 Å². The highest BCUT2D eigenvalue weighted by Crippen LogP contribution is 2.28. The smallest absolute Gasteiger partial charge is 0.314 e. The summed E-state index contributed by atoms with van der Waals surface area (Å²) < 4.78 is 115. The summed E-state index contributed by atoms with van der Waals surface area (Å²) in [7, 11) is -7.37. The van der Waals surface area contributed by atoms with Gasteiger partial charge >= 0.3 is 12.9 Å². The Labute approximate surface area is 378 Å². The fraction of sp³-hybridized carbons (Fsp3) is 0.222. The number of piperazine rings is 1. The van der Waals surface area contributed by atoms with Crippen molar-refractivity contribution in [2.24, 2.45) is 0 Å². The highest BCUT2D eigenvalue weighted by Gasteiger charge is 2.26. The summed E-state index contributed by atoms with van der Waals surface area (Å²) >= 11 is 0. The van der Waals surface area contributed by atoms with Crippen molar-refractivity contribution >= 4 is 37.1 Å². The molecule has 4 aromatic carbocycles. The number of alkyl halides is 4. The SMILES string of the molecule is C=CS(=O)(=O)N(Cc1ccc(-c2nnc(C(F)F)o2)cc1)c1ccccc1.O=S(=O)(CCN1CCN(c2ccncc2)CC1)N(Cc1ccc(-c2nnc(C(F)F)o2)cc1)c1ccccc1. The molecular weight excluding hydrogens is 903 g/mol. The van der Waals surface area contributed by atoms with Crippen LogP contribution in [0, 0.1) is 0 Å². The van der Waals surface area contributed by atoms with Crippen molar-refractivity contribution in [2.45, 2.75) is 25.9 Å². The van der Waals surface area contributed by atoms with Gasteiger partial charge in [0.2, 0.25) is 21.8 Å². The Kier molecular flexibility index (Phi) is 15.2. The van der Waals surface area contributed by atoms with Gasteiger partial charge in [0.05, 0.1) is 30.2 Å². The molecule has 7 aromatic rings. The summed E-state index contributed by atoms with van der Waals surface area (Å²) in [5.41, 5.74) is 4.52. The fourth-order valence-electron chi connectivity index (χ4n) is 6.81. The second-order valence-electron chi connectivity index (χ2n) is 14.6. The van der Waals surface area contributed by atoms with Gasteiger partial charge in [0.1, 0.15) is 0 Å². The molecule has 0 saturated carbocycles. The maximum Gasteiger partial charge on any atom is 0.314 e. The van der Waals surface area contributed by atoms with Gasteiger partial charge in [0.15, 0.2) is 0 Å². The molecule has 0 unspecified atom stereocenters. The lowest BCUT2D eigenvalue weighted by atomic mass is 10.1. The largest absolute Gasteiger partial charge is 0.415 e. The van der Waals surface area contributed by atoms with Crippen molar-refractivity contribution in [1.29, 1.82) is 0 Å². The number of aromatic nitrogens is 5. The van der Waals surface area contributed by atoms with Gasteiger partial charge in [-0.3, -0.25) is 18.5 Å². The molecule has 4 heterocycles. The molecule has 1 aliphatic heterocycles. The number of sulfonamides is 2. The molecule has 0 radical (unpaired) electrons. The molecule has 0 amide bonds. The number of anilines is 3. The summed E-state index contributed by atoms with van der Waals surface area (Å²) in [6.07, 6.45) is -2.14. The average Bonchev–Trinajstić information content (AvgIpc) is 4.06. The minimum Gasteiger partial charge on any atom is -0.415 e. The van der Waals surface area contributed by atoms with Crippen molar-refractivity contribution in [3.63, 3.8) is 0 Å². The Balaban J connectivity index is 0.000000210. The van der Waals surface area contributed by atoms with E-state index in [2.05, 4.69) is 41.8 Å². The highest BCUT2D eigenvalue weighted by atomic mass is 32.2. The lowest BCUT2D eigenvalue weighted by Crippen LogP contribution is -2.48. The van der Waals surface area contributed by atoms with Crippen LogP contribution < -0.4 is 13.5 Å². The zero-order valence-electron chi connectivity index (χ0n) is 35.1. The van der Waals surface area contributed by atoms with E-state index < -0.39 is 44.7 Å². The molecule has 0 N–H and O–H groups in total. The van der Waals surface area contributed by atoms with Crippen LogP contribution in [-0.2, 0) is 33.1 Å². The van der Waals surface area contributed by atoms with Crippen LogP contribution in [0.15, 0.2) is 155 Å². The molecule has 15 nitrogen and oxygen atoms in total. The molecule has 1 saturated heterocycles. The number of hydrogen-bond acceptors (Lipinski definition) is 13. The number of benzene rings is 4. The molecule has 8 rings (SSSR count). The number of hydrogen-bond donors (Lipinski definition) is 0. The molecule has 1 aliphatic rings. The number of rotatable bonds is 17. The third-order valence-electron chi connectivity index (χ3n) is 10.3. The van der Waals surface area contributed by atoms with Crippen molar-refractivity contribution < 1.29 is 43.2 Å². The van der Waals surface area contributed by atoms with Crippen LogP contribution in [0.5, 0.6) is 0 Å². The van der Waals surface area contributed by atoms with Crippen molar-refractivity contribution in [2.75, 3.05) is 52.0 Å². The monoisotopic (exact) mass is 945 g/mol. The lowest BCUT2D eigenvalue weighted by Gasteiger charge is -2.36. The van der Waals surface area contributed by atoms with Crippen LogP contribution >= 0.6 is 0 Å². The second-order valence-corrected chi connectivity index (χ2v) is 18.4. The van der Waals surface area contributed by atoms with E-state index >= 15 is 0 Å². The molecular formula is C45H43F4N9O6S2. The van der Waals surface area contributed by atoms with Crippen LogP contribution in [0.4, 0.5) is 34.6 Å². The zero-order valence-corrected chi connectivity index (χ0v) is 36.7. The summed E-state index contributed by atoms with van der Waals surface area (Å²) in [6, 6.07) is 34.8. The van der Waals surface area contributed by atoms with Gasteiger partial charge < -0.3 is 13.7 Å². The number of para-hydroxylation sites is 2. The summed E-state index contributed by atoms with van der Waals surface area (Å²) in [5.74, 6) is -1.56. The molecule has 0 aliphatic carbocycles. The Morgan fingerprint density at radius 3 is 1.50 bits per heavy atom. The third-order valence-corrected chi connectivity index (χ3v) is 13.4. The summed E-state index contributed by atoms with van der Waals surface area (Å²) in [6.45, 7) is 7.17. The maximum absolute atomic E-state index is 13.6. The molecule has 0 bridgehead atoms. The van der Waals surface area contributed by atoms with E-state index in [1.165, 1.54) is 8.61 Å². The Bertz CT molecular complexity index is 2850. The molecule has 0 atom stereocenters. The fourth-order valence-corrected chi connectivity index (χ4v) is 9.23. The number of pyridine rings is 1. The molecule has 66 heavy (non-hydrogen) atoms. The summed E-state index contributed by atoms with van der Waals surface area (Å²) in [4.78, 5) is 8.51. The predicted molar refractivity (Wildman–Crippen MR) is 240 cm³/mol. The van der Waals surface area contributed by atoms with Gasteiger partial charge in [-0.2, -0.15) is 17.6 Å². The van der Waals surface area contributed by atoms with E-state index in [0.717, 1.165) is 42.8 Å². The summed E-state index contributed by atoms with van der Waals surface area (Å²) in [5, 5.41) is 14.8. The first-order chi connectivity index (χ1) is 31.8. The van der Waals surface area contributed by atoms with Crippen LogP contribution in [0.2, 0.25) is 0 Å². The quantitative estimate of drug-likeness (QED) is 0.0798. The molecule has 3 aromatic heterocycles. The van der Waals surface area contributed by atoms with E-state index in [-0.39, 0.29) is 30.6 Å². The van der Waals surface area contributed by atoms with E-state index in [9.17, 15) is 34.4 Å². The maximum atomic E-state index is 13.6. The van der Waals surface area contributed by atoms with Gasteiger partial charge in [-0.15, -0.1) is 20.4 Å².